The molecule has 0 saturated carbocycles. The molecule has 1 fully saturated rings. The van der Waals surface area contributed by atoms with Gasteiger partial charge in [-0.3, -0.25) is 4.79 Å². The van der Waals surface area contributed by atoms with Gasteiger partial charge in [0.1, 0.15) is 6.61 Å². The van der Waals surface area contributed by atoms with Crippen molar-refractivity contribution in [1.82, 2.24) is 15.5 Å². The molecule has 1 aliphatic heterocycles. The maximum atomic E-state index is 14.6. The van der Waals surface area contributed by atoms with Crippen molar-refractivity contribution < 1.29 is 23.2 Å². The van der Waals surface area contributed by atoms with Gasteiger partial charge in [0.25, 0.3) is 11.6 Å². The molecule has 1 N–H and O–H groups in total. The van der Waals surface area contributed by atoms with E-state index in [1.807, 2.05) is 13.8 Å². The van der Waals surface area contributed by atoms with Crippen molar-refractivity contribution in [2.24, 2.45) is 0 Å². The summed E-state index contributed by atoms with van der Waals surface area (Å²) in [5.41, 5.74) is 2.18. The van der Waals surface area contributed by atoms with E-state index >= 15 is 0 Å². The van der Waals surface area contributed by atoms with E-state index in [9.17, 15) is 9.18 Å². The number of pyridine rings is 1. The Kier molecular flexibility index (Phi) is 6.69. The van der Waals surface area contributed by atoms with Crippen molar-refractivity contribution in [1.29, 1.82) is 0 Å². The van der Waals surface area contributed by atoms with Gasteiger partial charge in [0.15, 0.2) is 11.6 Å². The quantitative estimate of drug-likeness (QED) is 0.560. The van der Waals surface area contributed by atoms with Gasteiger partial charge in [-0.15, -0.1) is 0 Å². The van der Waals surface area contributed by atoms with Crippen LogP contribution in [0.5, 0.6) is 5.75 Å². The SMILES string of the molecule is CC(C)c1noc2ncc(C(=O)NC(C)c3ccc(OCC4CCCCO4)c(F)c3)cc12. The molecule has 1 aromatic carbocycles. The van der Waals surface area contributed by atoms with Crippen molar-refractivity contribution in [3.8, 4) is 5.75 Å². The number of aromatic nitrogens is 2. The Balaban J connectivity index is 1.41. The van der Waals surface area contributed by atoms with Crippen molar-refractivity contribution in [2.45, 2.75) is 58.1 Å². The van der Waals surface area contributed by atoms with Gasteiger partial charge in [-0.25, -0.2) is 9.37 Å². The maximum Gasteiger partial charge on any atom is 0.257 e. The molecule has 1 saturated heterocycles. The Hall–Kier alpha value is -3.00. The number of fused-ring (bicyclic) bond motifs is 1. The fourth-order valence-electron chi connectivity index (χ4n) is 3.78. The fourth-order valence-corrected chi connectivity index (χ4v) is 3.78. The summed E-state index contributed by atoms with van der Waals surface area (Å²) < 4.78 is 31.0. The molecule has 2 aromatic heterocycles. The third-order valence-corrected chi connectivity index (χ3v) is 5.67. The minimum absolute atomic E-state index is 0.00799. The summed E-state index contributed by atoms with van der Waals surface area (Å²) in [5, 5.41) is 7.64. The summed E-state index contributed by atoms with van der Waals surface area (Å²) in [7, 11) is 0. The molecular formula is C24H28FN3O4. The molecule has 0 bridgehead atoms. The van der Waals surface area contributed by atoms with Crippen molar-refractivity contribution in [3.05, 3.63) is 53.1 Å². The number of halogens is 1. The highest BCUT2D eigenvalue weighted by atomic mass is 19.1. The highest BCUT2D eigenvalue weighted by Crippen LogP contribution is 2.26. The number of benzene rings is 1. The molecule has 4 rings (SSSR count). The Bertz CT molecular complexity index is 1090. The molecule has 0 spiro atoms. The summed E-state index contributed by atoms with van der Waals surface area (Å²) in [5.74, 6) is -0.444. The van der Waals surface area contributed by atoms with Crippen LogP contribution in [0.3, 0.4) is 0 Å². The number of carbonyl (C=O) groups excluding carboxylic acids is 1. The zero-order chi connectivity index (χ0) is 22.7. The summed E-state index contributed by atoms with van der Waals surface area (Å²) in [6, 6.07) is 6.05. The monoisotopic (exact) mass is 441 g/mol. The minimum atomic E-state index is -0.464. The Labute approximate surface area is 186 Å². The van der Waals surface area contributed by atoms with Crippen LogP contribution in [0.15, 0.2) is 35.0 Å². The number of nitrogens with zero attached hydrogens (tertiary/aromatic N) is 2. The molecule has 170 valence electrons. The maximum absolute atomic E-state index is 14.6. The van der Waals surface area contributed by atoms with E-state index in [1.165, 1.54) is 12.3 Å². The molecule has 3 heterocycles. The van der Waals surface area contributed by atoms with Gasteiger partial charge in [0, 0.05) is 12.8 Å². The number of carbonyl (C=O) groups is 1. The first kappa shape index (κ1) is 22.2. The molecule has 32 heavy (non-hydrogen) atoms. The molecule has 2 unspecified atom stereocenters. The number of ether oxygens (including phenoxy) is 2. The standard InChI is InChI=1S/C24H28FN3O4/c1-14(2)22-19-10-17(12-26-24(19)32-28-22)23(29)27-15(3)16-7-8-21(20(25)11-16)31-13-18-6-4-5-9-30-18/h7-8,10-12,14-15,18H,4-6,9,13H2,1-3H3,(H,27,29). The molecule has 0 radical (unpaired) electrons. The van der Waals surface area contributed by atoms with E-state index in [0.29, 0.717) is 23.4 Å². The van der Waals surface area contributed by atoms with Crippen LogP contribution in [-0.2, 0) is 4.74 Å². The van der Waals surface area contributed by atoms with Crippen LogP contribution >= 0.6 is 0 Å². The van der Waals surface area contributed by atoms with E-state index < -0.39 is 11.9 Å². The number of hydrogen-bond acceptors (Lipinski definition) is 6. The second kappa shape index (κ2) is 9.65. The summed E-state index contributed by atoms with van der Waals surface area (Å²) in [6.07, 6.45) is 4.55. The number of rotatable bonds is 7. The summed E-state index contributed by atoms with van der Waals surface area (Å²) in [4.78, 5) is 17.0. The lowest BCUT2D eigenvalue weighted by Gasteiger charge is -2.23. The Morgan fingerprint density at radius 1 is 1.28 bits per heavy atom. The smallest absolute Gasteiger partial charge is 0.257 e. The molecule has 7 nitrogen and oxygen atoms in total. The first-order valence-corrected chi connectivity index (χ1v) is 11.0. The summed E-state index contributed by atoms with van der Waals surface area (Å²) in [6.45, 7) is 6.85. The first-order valence-electron chi connectivity index (χ1n) is 11.0. The molecule has 8 heteroatoms. The normalized spacial score (nSPS) is 17.5. The van der Waals surface area contributed by atoms with Gasteiger partial charge in [-0.1, -0.05) is 25.1 Å². The van der Waals surface area contributed by atoms with E-state index in [4.69, 9.17) is 14.0 Å². The largest absolute Gasteiger partial charge is 0.488 e. The predicted molar refractivity (Wildman–Crippen MR) is 117 cm³/mol. The van der Waals surface area contributed by atoms with Crippen LogP contribution in [0.1, 0.15) is 73.6 Å². The lowest BCUT2D eigenvalue weighted by molar-refractivity contribution is -0.0117. The van der Waals surface area contributed by atoms with Crippen LogP contribution in [0.25, 0.3) is 11.1 Å². The Morgan fingerprint density at radius 3 is 2.84 bits per heavy atom. The van der Waals surface area contributed by atoms with Gasteiger partial charge < -0.3 is 19.3 Å². The summed E-state index contributed by atoms with van der Waals surface area (Å²) >= 11 is 0. The van der Waals surface area contributed by atoms with Crippen molar-refractivity contribution in [2.75, 3.05) is 13.2 Å². The van der Waals surface area contributed by atoms with Gasteiger partial charge in [-0.2, -0.15) is 0 Å². The lowest BCUT2D eigenvalue weighted by Crippen LogP contribution is -2.27. The average Bonchev–Trinajstić information content (AvgIpc) is 3.22. The molecule has 1 aliphatic rings. The highest BCUT2D eigenvalue weighted by molar-refractivity contribution is 5.97. The van der Waals surface area contributed by atoms with E-state index in [-0.39, 0.29) is 23.7 Å². The molecule has 0 aliphatic carbocycles. The highest BCUT2D eigenvalue weighted by Gasteiger charge is 2.19. The van der Waals surface area contributed by atoms with Crippen LogP contribution in [0.4, 0.5) is 4.39 Å². The molecule has 3 aromatic rings. The van der Waals surface area contributed by atoms with Gasteiger partial charge >= 0.3 is 0 Å². The zero-order valence-electron chi connectivity index (χ0n) is 18.6. The number of hydrogen-bond donors (Lipinski definition) is 1. The molecule has 2 atom stereocenters. The third-order valence-electron chi connectivity index (χ3n) is 5.67. The van der Waals surface area contributed by atoms with Gasteiger partial charge in [-0.05, 0) is 55.9 Å². The fraction of sp³-hybridized carbons (Fsp3) is 0.458. The van der Waals surface area contributed by atoms with Gasteiger partial charge in [0.2, 0.25) is 0 Å². The van der Waals surface area contributed by atoms with Crippen molar-refractivity contribution >= 4 is 17.0 Å². The second-order valence-corrected chi connectivity index (χ2v) is 8.48. The first-order chi connectivity index (χ1) is 15.4. The van der Waals surface area contributed by atoms with E-state index in [1.54, 1.807) is 25.1 Å². The van der Waals surface area contributed by atoms with Crippen LogP contribution in [-0.4, -0.2) is 35.4 Å². The van der Waals surface area contributed by atoms with Crippen LogP contribution < -0.4 is 10.1 Å². The second-order valence-electron chi connectivity index (χ2n) is 8.48. The zero-order valence-corrected chi connectivity index (χ0v) is 18.6. The molecule has 1 amide bonds. The number of nitrogens with one attached hydrogen (secondary N) is 1. The number of amides is 1. The Morgan fingerprint density at radius 2 is 2.12 bits per heavy atom. The van der Waals surface area contributed by atoms with Crippen LogP contribution in [0.2, 0.25) is 0 Å². The average molecular weight is 442 g/mol. The van der Waals surface area contributed by atoms with Gasteiger partial charge in [0.05, 0.1) is 28.8 Å². The van der Waals surface area contributed by atoms with E-state index in [2.05, 4.69) is 15.5 Å². The lowest BCUT2D eigenvalue weighted by atomic mass is 10.1. The van der Waals surface area contributed by atoms with E-state index in [0.717, 1.165) is 36.9 Å². The van der Waals surface area contributed by atoms with Crippen LogP contribution in [0, 0.1) is 5.82 Å². The third kappa shape index (κ3) is 4.91. The molecular weight excluding hydrogens is 413 g/mol. The topological polar surface area (TPSA) is 86.5 Å². The minimum Gasteiger partial charge on any atom is -0.488 e. The van der Waals surface area contributed by atoms with Crippen molar-refractivity contribution in [3.63, 3.8) is 0 Å². The predicted octanol–water partition coefficient (Wildman–Crippen LogP) is 4.92.